The van der Waals surface area contributed by atoms with Gasteiger partial charge < -0.3 is 19.9 Å². The van der Waals surface area contributed by atoms with Gasteiger partial charge >= 0.3 is 6.09 Å². The molecule has 150 valence electrons. The standard InChI is InChI=1S/C22H29N3O3/c1-22(2,3)28-21(27)25(5)16-20(26)23-18-11-13-19(14-12-18)24(4)15-17-9-7-6-8-10-17/h6-14H,15-16H2,1-5H3,(H,23,26). The van der Waals surface area contributed by atoms with Crippen molar-refractivity contribution >= 4 is 23.4 Å². The maximum absolute atomic E-state index is 12.2. The van der Waals surface area contributed by atoms with Gasteiger partial charge in [0.15, 0.2) is 0 Å². The largest absolute Gasteiger partial charge is 0.444 e. The van der Waals surface area contributed by atoms with Crippen LogP contribution >= 0.6 is 0 Å². The minimum Gasteiger partial charge on any atom is -0.444 e. The molecule has 0 aliphatic rings. The molecule has 2 amide bonds. The molecule has 28 heavy (non-hydrogen) atoms. The first-order chi connectivity index (χ1) is 13.1. The Morgan fingerprint density at radius 1 is 0.964 bits per heavy atom. The van der Waals surface area contributed by atoms with E-state index in [9.17, 15) is 9.59 Å². The zero-order valence-electron chi connectivity index (χ0n) is 17.2. The lowest BCUT2D eigenvalue weighted by molar-refractivity contribution is -0.117. The summed E-state index contributed by atoms with van der Waals surface area (Å²) in [7, 11) is 3.56. The predicted molar refractivity (Wildman–Crippen MR) is 112 cm³/mol. The summed E-state index contributed by atoms with van der Waals surface area (Å²) in [6.07, 6.45) is -0.527. The molecule has 0 spiro atoms. The van der Waals surface area contributed by atoms with Crippen molar-refractivity contribution in [2.24, 2.45) is 0 Å². The summed E-state index contributed by atoms with van der Waals surface area (Å²) in [6.45, 7) is 6.08. The van der Waals surface area contributed by atoms with Crippen LogP contribution in [0.1, 0.15) is 26.3 Å². The highest BCUT2D eigenvalue weighted by atomic mass is 16.6. The summed E-state index contributed by atoms with van der Waals surface area (Å²) in [6, 6.07) is 17.8. The zero-order chi connectivity index (χ0) is 20.7. The second kappa shape index (κ2) is 9.26. The monoisotopic (exact) mass is 383 g/mol. The molecule has 2 aromatic carbocycles. The normalized spacial score (nSPS) is 10.9. The van der Waals surface area contributed by atoms with Crippen molar-refractivity contribution in [3.05, 3.63) is 60.2 Å². The van der Waals surface area contributed by atoms with Gasteiger partial charge in [0.2, 0.25) is 5.91 Å². The Labute approximate surface area is 167 Å². The first-order valence-electron chi connectivity index (χ1n) is 9.23. The van der Waals surface area contributed by atoms with Gasteiger partial charge in [0, 0.05) is 32.0 Å². The van der Waals surface area contributed by atoms with Gasteiger partial charge in [-0.25, -0.2) is 4.79 Å². The van der Waals surface area contributed by atoms with Crippen molar-refractivity contribution in [2.75, 3.05) is 30.9 Å². The maximum Gasteiger partial charge on any atom is 0.410 e. The predicted octanol–water partition coefficient (Wildman–Crippen LogP) is 4.13. The molecule has 6 nitrogen and oxygen atoms in total. The van der Waals surface area contributed by atoms with E-state index < -0.39 is 11.7 Å². The van der Waals surface area contributed by atoms with Crippen LogP contribution in [0.25, 0.3) is 0 Å². The van der Waals surface area contributed by atoms with Gasteiger partial charge in [-0.15, -0.1) is 0 Å². The minimum absolute atomic E-state index is 0.0788. The number of carbonyl (C=O) groups excluding carboxylic acids is 2. The molecule has 0 fully saturated rings. The highest BCUT2D eigenvalue weighted by molar-refractivity contribution is 5.94. The number of rotatable bonds is 6. The first-order valence-corrected chi connectivity index (χ1v) is 9.23. The van der Waals surface area contributed by atoms with E-state index in [0.29, 0.717) is 5.69 Å². The third kappa shape index (κ3) is 6.95. The molecular formula is C22H29N3O3. The molecule has 0 unspecified atom stereocenters. The second-order valence-corrected chi connectivity index (χ2v) is 7.77. The summed E-state index contributed by atoms with van der Waals surface area (Å²) >= 11 is 0. The summed E-state index contributed by atoms with van der Waals surface area (Å²) in [5.41, 5.74) is 2.36. The molecule has 0 aliphatic heterocycles. The van der Waals surface area contributed by atoms with Crippen LogP contribution in [0.3, 0.4) is 0 Å². The van der Waals surface area contributed by atoms with Gasteiger partial charge in [0.05, 0.1) is 0 Å². The minimum atomic E-state index is -0.594. The van der Waals surface area contributed by atoms with Crippen molar-refractivity contribution in [3.8, 4) is 0 Å². The summed E-state index contributed by atoms with van der Waals surface area (Å²) < 4.78 is 5.24. The molecule has 0 aliphatic carbocycles. The van der Waals surface area contributed by atoms with E-state index in [2.05, 4.69) is 22.3 Å². The number of nitrogens with one attached hydrogen (secondary N) is 1. The van der Waals surface area contributed by atoms with Gasteiger partial charge in [-0.2, -0.15) is 0 Å². The van der Waals surface area contributed by atoms with E-state index >= 15 is 0 Å². The Morgan fingerprint density at radius 3 is 2.14 bits per heavy atom. The Balaban J connectivity index is 1.87. The second-order valence-electron chi connectivity index (χ2n) is 7.77. The molecule has 0 saturated heterocycles. The molecular weight excluding hydrogens is 354 g/mol. The number of ether oxygens (including phenoxy) is 1. The van der Waals surface area contributed by atoms with E-state index in [4.69, 9.17) is 4.74 Å². The van der Waals surface area contributed by atoms with Gasteiger partial charge in [0.1, 0.15) is 12.1 Å². The molecule has 0 bridgehead atoms. The third-order valence-electron chi connectivity index (χ3n) is 3.94. The molecule has 2 rings (SSSR count). The lowest BCUT2D eigenvalue weighted by Crippen LogP contribution is -2.38. The number of hydrogen-bond donors (Lipinski definition) is 1. The molecule has 0 heterocycles. The lowest BCUT2D eigenvalue weighted by atomic mass is 10.2. The number of amides is 2. The highest BCUT2D eigenvalue weighted by Crippen LogP contribution is 2.19. The highest BCUT2D eigenvalue weighted by Gasteiger charge is 2.21. The molecule has 6 heteroatoms. The number of anilines is 2. The van der Waals surface area contributed by atoms with E-state index in [1.165, 1.54) is 17.5 Å². The fourth-order valence-corrected chi connectivity index (χ4v) is 2.57. The van der Waals surface area contributed by atoms with Crippen LogP contribution in [-0.4, -0.2) is 43.1 Å². The number of hydrogen-bond acceptors (Lipinski definition) is 4. The summed E-state index contributed by atoms with van der Waals surface area (Å²) in [5.74, 6) is -0.279. The van der Waals surface area contributed by atoms with E-state index in [1.54, 1.807) is 20.8 Å². The van der Waals surface area contributed by atoms with Crippen molar-refractivity contribution in [1.82, 2.24) is 4.90 Å². The number of nitrogens with zero attached hydrogens (tertiary/aromatic N) is 2. The van der Waals surface area contributed by atoms with Gasteiger partial charge in [0.25, 0.3) is 0 Å². The van der Waals surface area contributed by atoms with Crippen LogP contribution in [0.2, 0.25) is 0 Å². The Kier molecular flexibility index (Phi) is 7.04. The number of benzene rings is 2. The van der Waals surface area contributed by atoms with Crippen LogP contribution in [0, 0.1) is 0 Å². The Hall–Kier alpha value is -3.02. The molecule has 0 aromatic heterocycles. The van der Waals surface area contributed by atoms with Crippen LogP contribution in [0.4, 0.5) is 16.2 Å². The van der Waals surface area contributed by atoms with Crippen LogP contribution < -0.4 is 10.2 Å². The van der Waals surface area contributed by atoms with Crippen molar-refractivity contribution in [2.45, 2.75) is 32.9 Å². The smallest absolute Gasteiger partial charge is 0.410 e. The van der Waals surface area contributed by atoms with Crippen molar-refractivity contribution in [3.63, 3.8) is 0 Å². The lowest BCUT2D eigenvalue weighted by Gasteiger charge is -2.24. The van der Waals surface area contributed by atoms with Gasteiger partial charge in [-0.3, -0.25) is 4.79 Å². The SMILES string of the molecule is CN(CC(=O)Nc1ccc(N(C)Cc2ccccc2)cc1)C(=O)OC(C)(C)C. The number of carbonyl (C=O) groups is 2. The average molecular weight is 383 g/mol. The van der Waals surface area contributed by atoms with E-state index in [0.717, 1.165) is 12.2 Å². The molecule has 0 saturated carbocycles. The molecule has 0 atom stereocenters. The van der Waals surface area contributed by atoms with Crippen LogP contribution in [0.5, 0.6) is 0 Å². The zero-order valence-corrected chi connectivity index (χ0v) is 17.2. The quantitative estimate of drug-likeness (QED) is 0.815. The average Bonchev–Trinajstić information content (AvgIpc) is 2.61. The first kappa shape index (κ1) is 21.3. The Morgan fingerprint density at radius 2 is 1.57 bits per heavy atom. The molecule has 0 radical (unpaired) electrons. The fraction of sp³-hybridized carbons (Fsp3) is 0.364. The maximum atomic E-state index is 12.2. The molecule has 1 N–H and O–H groups in total. The fourth-order valence-electron chi connectivity index (χ4n) is 2.57. The van der Waals surface area contributed by atoms with Gasteiger partial charge in [-0.05, 0) is 50.6 Å². The third-order valence-corrected chi connectivity index (χ3v) is 3.94. The van der Waals surface area contributed by atoms with E-state index in [1.807, 2.05) is 49.5 Å². The van der Waals surface area contributed by atoms with E-state index in [-0.39, 0.29) is 12.5 Å². The van der Waals surface area contributed by atoms with Crippen molar-refractivity contribution < 1.29 is 14.3 Å². The number of likely N-dealkylation sites (N-methyl/N-ethyl adjacent to an activating group) is 1. The molecule has 2 aromatic rings. The van der Waals surface area contributed by atoms with Crippen LogP contribution in [-0.2, 0) is 16.1 Å². The van der Waals surface area contributed by atoms with Crippen molar-refractivity contribution in [1.29, 1.82) is 0 Å². The van der Waals surface area contributed by atoms with Gasteiger partial charge in [-0.1, -0.05) is 30.3 Å². The topological polar surface area (TPSA) is 61.9 Å². The summed E-state index contributed by atoms with van der Waals surface area (Å²) in [5, 5.41) is 2.80. The van der Waals surface area contributed by atoms with Crippen LogP contribution in [0.15, 0.2) is 54.6 Å². The Bertz CT molecular complexity index is 783. The summed E-state index contributed by atoms with van der Waals surface area (Å²) in [4.78, 5) is 27.5.